The third kappa shape index (κ3) is 3.96. The number of aryl methyl sites for hydroxylation is 1. The number of rotatable bonds is 7. The van der Waals surface area contributed by atoms with Gasteiger partial charge in [-0.2, -0.15) is 34.8 Å². The molecule has 0 spiro atoms. The lowest BCUT2D eigenvalue weighted by Gasteiger charge is -2.31. The Hall–Kier alpha value is -1.33. The van der Waals surface area contributed by atoms with E-state index in [0.717, 1.165) is 12.1 Å². The molecule has 23 heavy (non-hydrogen) atoms. The van der Waals surface area contributed by atoms with Gasteiger partial charge in [-0.05, 0) is 19.1 Å². The molecule has 0 aliphatic carbocycles. The topological polar surface area (TPSA) is 63.6 Å². The Morgan fingerprint density at radius 1 is 1.00 bits per heavy atom. The SMILES string of the molecule is Cc1ccc(S(=O)(=O)OCC(F)(F)C(F)(F)C(F)(F)CO)cc1. The summed E-state index contributed by atoms with van der Waals surface area (Å²) in [5.74, 6) is -17.0. The van der Waals surface area contributed by atoms with Gasteiger partial charge in [0.1, 0.15) is 13.2 Å². The molecule has 0 heterocycles. The fourth-order valence-corrected chi connectivity index (χ4v) is 2.29. The van der Waals surface area contributed by atoms with Crippen LogP contribution in [0.4, 0.5) is 26.3 Å². The van der Waals surface area contributed by atoms with Crippen LogP contribution in [0.2, 0.25) is 0 Å². The summed E-state index contributed by atoms with van der Waals surface area (Å²) >= 11 is 0. The van der Waals surface area contributed by atoms with E-state index in [-0.39, 0.29) is 0 Å². The van der Waals surface area contributed by atoms with Crippen molar-refractivity contribution in [3.8, 4) is 0 Å². The fourth-order valence-electron chi connectivity index (χ4n) is 1.38. The summed E-state index contributed by atoms with van der Waals surface area (Å²) in [4.78, 5) is -0.601. The van der Waals surface area contributed by atoms with Gasteiger partial charge in [0.25, 0.3) is 10.1 Å². The molecular weight excluding hydrogens is 354 g/mol. The number of halogens is 6. The molecule has 0 saturated carbocycles. The van der Waals surface area contributed by atoms with Crippen molar-refractivity contribution in [2.24, 2.45) is 0 Å². The highest BCUT2D eigenvalue weighted by molar-refractivity contribution is 7.86. The molecule has 0 aliphatic rings. The summed E-state index contributed by atoms with van der Waals surface area (Å²) in [6, 6.07) is 4.54. The standard InChI is InChI=1S/C12H12F6O4S/c1-8-2-4-9(5-3-8)23(20,21)22-7-11(15,16)12(17,18)10(13,14)6-19/h2-5,19H,6-7H2,1H3. The van der Waals surface area contributed by atoms with Crippen molar-refractivity contribution in [1.82, 2.24) is 0 Å². The van der Waals surface area contributed by atoms with Gasteiger partial charge in [0, 0.05) is 0 Å². The molecule has 0 amide bonds. The van der Waals surface area contributed by atoms with Crippen LogP contribution in [0.3, 0.4) is 0 Å². The van der Waals surface area contributed by atoms with E-state index in [9.17, 15) is 34.8 Å². The molecule has 11 heteroatoms. The monoisotopic (exact) mass is 366 g/mol. The normalized spacial score (nSPS) is 14.1. The van der Waals surface area contributed by atoms with Crippen LogP contribution < -0.4 is 0 Å². The number of hydrogen-bond donors (Lipinski definition) is 1. The summed E-state index contributed by atoms with van der Waals surface area (Å²) < 4.78 is 105. The lowest BCUT2D eigenvalue weighted by molar-refractivity contribution is -0.321. The Bertz CT molecular complexity index is 642. The van der Waals surface area contributed by atoms with E-state index in [1.54, 1.807) is 6.92 Å². The van der Waals surface area contributed by atoms with E-state index in [2.05, 4.69) is 4.18 Å². The predicted molar refractivity (Wildman–Crippen MR) is 66.2 cm³/mol. The van der Waals surface area contributed by atoms with Crippen molar-refractivity contribution < 1.29 is 44.0 Å². The van der Waals surface area contributed by atoms with Gasteiger partial charge >= 0.3 is 17.8 Å². The van der Waals surface area contributed by atoms with Crippen molar-refractivity contribution in [1.29, 1.82) is 0 Å². The molecule has 0 bridgehead atoms. The smallest absolute Gasteiger partial charge is 0.376 e. The average Bonchev–Trinajstić information content (AvgIpc) is 2.45. The van der Waals surface area contributed by atoms with Crippen molar-refractivity contribution in [2.45, 2.75) is 29.6 Å². The number of aliphatic hydroxyl groups excluding tert-OH is 1. The van der Waals surface area contributed by atoms with E-state index in [1.165, 1.54) is 12.1 Å². The van der Waals surface area contributed by atoms with Gasteiger partial charge in [-0.3, -0.25) is 4.18 Å². The van der Waals surface area contributed by atoms with Crippen molar-refractivity contribution >= 4 is 10.1 Å². The maximum atomic E-state index is 13.3. The lowest BCUT2D eigenvalue weighted by Crippen LogP contribution is -2.57. The summed E-state index contributed by atoms with van der Waals surface area (Å²) in [5.41, 5.74) is 0.628. The largest absolute Gasteiger partial charge is 0.390 e. The molecule has 0 unspecified atom stereocenters. The fraction of sp³-hybridized carbons (Fsp3) is 0.500. The second-order valence-electron chi connectivity index (χ2n) is 4.67. The second kappa shape index (κ2) is 6.29. The van der Waals surface area contributed by atoms with Crippen molar-refractivity contribution in [3.05, 3.63) is 29.8 Å². The minimum atomic E-state index is -6.00. The zero-order chi connectivity index (χ0) is 18.1. The summed E-state index contributed by atoms with van der Waals surface area (Å²) in [7, 11) is -4.84. The van der Waals surface area contributed by atoms with Gasteiger partial charge in [-0.15, -0.1) is 0 Å². The van der Waals surface area contributed by atoms with Gasteiger partial charge in [0.2, 0.25) is 0 Å². The highest BCUT2D eigenvalue weighted by Gasteiger charge is 2.71. The third-order valence-corrected chi connectivity index (χ3v) is 4.10. The minimum Gasteiger partial charge on any atom is -0.390 e. The summed E-state index contributed by atoms with van der Waals surface area (Å²) in [6.45, 7) is -3.45. The Morgan fingerprint density at radius 3 is 1.91 bits per heavy atom. The first-order chi connectivity index (χ1) is 10.3. The zero-order valence-electron chi connectivity index (χ0n) is 11.6. The van der Waals surface area contributed by atoms with Crippen molar-refractivity contribution in [2.75, 3.05) is 13.2 Å². The van der Waals surface area contributed by atoms with Crippen LogP contribution >= 0.6 is 0 Å². The molecule has 0 aromatic heterocycles. The Balaban J connectivity index is 2.97. The third-order valence-electron chi connectivity index (χ3n) is 2.82. The van der Waals surface area contributed by atoms with Crippen LogP contribution in [0.1, 0.15) is 5.56 Å². The first-order valence-electron chi connectivity index (χ1n) is 5.97. The molecule has 132 valence electrons. The molecule has 0 radical (unpaired) electrons. The quantitative estimate of drug-likeness (QED) is 0.595. The van der Waals surface area contributed by atoms with Gasteiger partial charge in [-0.1, -0.05) is 17.7 Å². The van der Waals surface area contributed by atoms with Crippen LogP contribution in [0.5, 0.6) is 0 Å². The van der Waals surface area contributed by atoms with Crippen LogP contribution in [0, 0.1) is 6.92 Å². The Morgan fingerprint density at radius 2 is 1.48 bits per heavy atom. The highest BCUT2D eigenvalue weighted by atomic mass is 32.2. The van der Waals surface area contributed by atoms with Crippen LogP contribution in [-0.2, 0) is 14.3 Å². The zero-order valence-corrected chi connectivity index (χ0v) is 12.4. The molecule has 4 nitrogen and oxygen atoms in total. The van der Waals surface area contributed by atoms with Crippen LogP contribution in [0.25, 0.3) is 0 Å². The average molecular weight is 366 g/mol. The number of aliphatic hydroxyl groups is 1. The molecule has 0 atom stereocenters. The van der Waals surface area contributed by atoms with Gasteiger partial charge in [0.15, 0.2) is 0 Å². The van der Waals surface area contributed by atoms with Gasteiger partial charge in [0.05, 0.1) is 4.90 Å². The molecule has 0 saturated heterocycles. The van der Waals surface area contributed by atoms with E-state index < -0.39 is 46.0 Å². The lowest BCUT2D eigenvalue weighted by atomic mass is 10.1. The number of hydrogen-bond acceptors (Lipinski definition) is 4. The second-order valence-corrected chi connectivity index (χ2v) is 6.29. The number of alkyl halides is 6. The predicted octanol–water partition coefficient (Wildman–Crippen LogP) is 2.60. The maximum absolute atomic E-state index is 13.3. The molecule has 0 fully saturated rings. The van der Waals surface area contributed by atoms with Crippen LogP contribution in [-0.4, -0.2) is 44.5 Å². The van der Waals surface area contributed by atoms with E-state index in [0.29, 0.717) is 5.56 Å². The van der Waals surface area contributed by atoms with E-state index >= 15 is 0 Å². The first kappa shape index (κ1) is 19.7. The number of benzene rings is 1. The molecule has 1 rings (SSSR count). The summed E-state index contributed by atoms with van der Waals surface area (Å²) in [6.07, 6.45) is 0. The summed E-state index contributed by atoms with van der Waals surface area (Å²) in [5, 5.41) is 8.10. The molecular formula is C12H12F6O4S. The maximum Gasteiger partial charge on any atom is 0.376 e. The molecule has 0 aliphatic heterocycles. The minimum absolute atomic E-state index is 0.601. The first-order valence-corrected chi connectivity index (χ1v) is 7.38. The van der Waals surface area contributed by atoms with E-state index in [4.69, 9.17) is 5.11 Å². The van der Waals surface area contributed by atoms with Gasteiger partial charge < -0.3 is 5.11 Å². The molecule has 1 aromatic rings. The Kier molecular flexibility index (Phi) is 5.39. The highest BCUT2D eigenvalue weighted by Crippen LogP contribution is 2.45. The molecule has 1 N–H and O–H groups in total. The van der Waals surface area contributed by atoms with E-state index in [1.807, 2.05) is 0 Å². The Labute approximate surface area is 127 Å². The molecule has 1 aromatic carbocycles. The van der Waals surface area contributed by atoms with Crippen molar-refractivity contribution in [3.63, 3.8) is 0 Å². The van der Waals surface area contributed by atoms with Crippen LogP contribution in [0.15, 0.2) is 29.2 Å². The van der Waals surface area contributed by atoms with Gasteiger partial charge in [-0.25, -0.2) is 0 Å².